The number of carbonyl (C=O) groups is 1. The molecule has 7 heavy (non-hydrogen) atoms. The van der Waals surface area contributed by atoms with Crippen LogP contribution in [0.5, 0.6) is 0 Å². The van der Waals surface area contributed by atoms with Crippen molar-refractivity contribution in [3.8, 4) is 0 Å². The van der Waals surface area contributed by atoms with Crippen LogP contribution in [0.1, 0.15) is 13.3 Å². The van der Waals surface area contributed by atoms with Crippen LogP contribution in [0.4, 0.5) is 0 Å². The van der Waals surface area contributed by atoms with Gasteiger partial charge in [0.15, 0.2) is 0 Å². The van der Waals surface area contributed by atoms with Crippen LogP contribution in [0.25, 0.3) is 5.32 Å². The van der Waals surface area contributed by atoms with Crippen molar-refractivity contribution in [1.82, 2.24) is 0 Å². The molecular formula is C4H8NORf-. The first-order valence-corrected chi connectivity index (χ1v) is 1.94. The fraction of sp³-hybridized carbons (Fsp3) is 0.750. The number of hydrogen-bond acceptors (Lipinski definition) is 1. The summed E-state index contributed by atoms with van der Waals surface area (Å²) in [6.07, 6.45) is 0.524. The maximum atomic E-state index is 10.0. The van der Waals surface area contributed by atoms with Gasteiger partial charge in [0.2, 0.25) is 0 Å². The van der Waals surface area contributed by atoms with Gasteiger partial charge in [0.1, 0.15) is 0 Å². The predicted molar refractivity (Wildman–Crippen MR) is 24.6 cm³/mol. The third-order valence-corrected chi connectivity index (χ3v) is 0.552. The Bertz CT molecular complexity index is 49.7. The van der Waals surface area contributed by atoms with Crippen LogP contribution in [0.2, 0.25) is 0 Å². The van der Waals surface area contributed by atoms with E-state index in [0.29, 0.717) is 6.42 Å². The van der Waals surface area contributed by atoms with E-state index in [1.165, 1.54) is 7.05 Å². The van der Waals surface area contributed by atoms with E-state index in [2.05, 4.69) is 5.32 Å². The number of nitrogens with zero attached hydrogens (tertiary/aromatic N) is 1. The van der Waals surface area contributed by atoms with Crippen LogP contribution in [0.15, 0.2) is 0 Å². The molecule has 0 fully saturated rings. The maximum Gasteiger partial charge on any atom is 0.0506 e. The maximum absolute atomic E-state index is 10.0. The van der Waals surface area contributed by atoms with E-state index in [9.17, 15) is 4.79 Å². The molecule has 2 nitrogen and oxygen atoms in total. The SMILES string of the molecule is CCC(=O)[N-]C.[Rf]. The molecule has 0 aliphatic heterocycles. The molecular weight excluding hydrogens is 345 g/mol. The first-order valence-electron chi connectivity index (χ1n) is 1.94. The largest absolute Gasteiger partial charge is 0.656 e. The minimum Gasteiger partial charge on any atom is -0.656 e. The van der Waals surface area contributed by atoms with Gasteiger partial charge in [0.05, 0.1) is 5.91 Å². The van der Waals surface area contributed by atoms with E-state index in [1.807, 2.05) is 0 Å². The minimum atomic E-state index is -0.0324. The molecule has 0 spiro atoms. The molecule has 0 saturated carbocycles. The van der Waals surface area contributed by atoms with E-state index >= 15 is 0 Å². The minimum absolute atomic E-state index is 0. The predicted octanol–water partition coefficient (Wildman–Crippen LogP) is 0.926. The van der Waals surface area contributed by atoms with Crippen molar-refractivity contribution in [2.24, 2.45) is 0 Å². The Balaban J connectivity index is 0. The molecule has 3 heteroatoms. The molecule has 38 valence electrons. The quantitative estimate of drug-likeness (QED) is 0.690. The molecule has 0 N–H and O–H groups in total. The van der Waals surface area contributed by atoms with E-state index in [4.69, 9.17) is 0 Å². The zero-order chi connectivity index (χ0) is 4.99. The summed E-state index contributed by atoms with van der Waals surface area (Å²) in [5.41, 5.74) is 0. The molecule has 1 amide bonds. The Hall–Kier alpha value is -1.53. The fourth-order valence-corrected chi connectivity index (χ4v) is 0.158. The number of carbonyl (C=O) groups excluding carboxylic acids is 1. The Morgan fingerprint density at radius 3 is 2.14 bits per heavy atom. The van der Waals surface area contributed by atoms with Gasteiger partial charge in [-0.05, 0) is 6.42 Å². The van der Waals surface area contributed by atoms with Gasteiger partial charge < -0.3 is 10.1 Å². The summed E-state index contributed by atoms with van der Waals surface area (Å²) >= 11 is 0. The molecule has 0 aromatic carbocycles. The smallest absolute Gasteiger partial charge is 0.0506 e. The second kappa shape index (κ2) is 4.47. The van der Waals surface area contributed by atoms with Gasteiger partial charge in [-0.1, -0.05) is 6.92 Å². The Morgan fingerprint density at radius 1 is 1.71 bits per heavy atom. The summed E-state index contributed by atoms with van der Waals surface area (Å²) in [4.78, 5) is 10.0. The summed E-state index contributed by atoms with van der Waals surface area (Å²) < 4.78 is 0. The monoisotopic (exact) mass is 353 g/mol. The summed E-state index contributed by atoms with van der Waals surface area (Å²) in [6.45, 7) is 1.79. The van der Waals surface area contributed by atoms with Gasteiger partial charge in [-0.15, -0.1) is 7.05 Å². The van der Waals surface area contributed by atoms with E-state index in [-0.39, 0.29) is 5.91 Å². The van der Waals surface area contributed by atoms with Crippen molar-refractivity contribution in [1.29, 1.82) is 0 Å². The van der Waals surface area contributed by atoms with Crippen LogP contribution in [-0.2, 0) is 4.79 Å². The second-order valence-corrected chi connectivity index (χ2v) is 0.971. The molecule has 0 saturated heterocycles. The third-order valence-electron chi connectivity index (χ3n) is 0.552. The van der Waals surface area contributed by atoms with Crippen LogP contribution in [0, 0.1) is 0 Å². The fourth-order valence-electron chi connectivity index (χ4n) is 0.158. The van der Waals surface area contributed by atoms with Crippen molar-refractivity contribution >= 4 is 5.91 Å². The molecule has 0 rings (SSSR count). The molecule has 0 aliphatic carbocycles. The molecule has 0 bridgehead atoms. The van der Waals surface area contributed by atoms with Gasteiger partial charge in [-0.25, -0.2) is 0 Å². The Kier molecular flexibility index (Phi) is 5.80. The van der Waals surface area contributed by atoms with Crippen LogP contribution in [0.3, 0.4) is 0 Å². The Labute approximate surface area is 37.5 Å². The normalized spacial score (nSPS) is 6.57. The number of hydrogen-bond donors (Lipinski definition) is 0. The van der Waals surface area contributed by atoms with Gasteiger partial charge in [0, 0.05) is 0 Å². The summed E-state index contributed by atoms with van der Waals surface area (Å²) in [7, 11) is 1.51. The second-order valence-electron chi connectivity index (χ2n) is 0.971. The molecule has 0 radical (unpaired) electrons. The van der Waals surface area contributed by atoms with Crippen LogP contribution < -0.4 is 0 Å². The number of rotatable bonds is 1. The molecule has 0 aromatic rings. The zero-order valence-corrected chi connectivity index (χ0v) is 11.2. The van der Waals surface area contributed by atoms with Crippen molar-refractivity contribution in [3.63, 3.8) is 0 Å². The molecule has 0 heterocycles. The van der Waals surface area contributed by atoms with Crippen LogP contribution >= 0.6 is 0 Å². The van der Waals surface area contributed by atoms with Crippen molar-refractivity contribution in [3.05, 3.63) is 5.32 Å². The topological polar surface area (TPSA) is 31.2 Å². The molecule has 0 atom stereocenters. The average molecular weight is 353 g/mol. The van der Waals surface area contributed by atoms with Gasteiger partial charge in [0.25, 0.3) is 0 Å². The van der Waals surface area contributed by atoms with Crippen LogP contribution in [-0.4, -0.2) is 13.0 Å². The molecule has 0 aromatic heterocycles. The van der Waals surface area contributed by atoms with Crippen molar-refractivity contribution < 1.29 is 4.79 Å². The van der Waals surface area contributed by atoms with Gasteiger partial charge >= 0.3 is 0 Å². The number of amides is 1. The third kappa shape index (κ3) is 4.47. The summed E-state index contributed by atoms with van der Waals surface area (Å²) in [6, 6.07) is 0. The zero-order valence-electron chi connectivity index (χ0n) is 4.77. The van der Waals surface area contributed by atoms with E-state index < -0.39 is 0 Å². The van der Waals surface area contributed by atoms with Gasteiger partial charge in [-0.3, -0.25) is 0 Å². The average Bonchev–Trinajstić information content (AvgIpc) is 1.65. The Morgan fingerprint density at radius 2 is 2.14 bits per heavy atom. The van der Waals surface area contributed by atoms with Crippen molar-refractivity contribution in [2.45, 2.75) is 13.3 Å². The van der Waals surface area contributed by atoms with Crippen molar-refractivity contribution in [2.75, 3.05) is 7.05 Å². The molecule has 0 aliphatic rings. The standard InChI is InChI=1S/C4H9NO.Rf/c1-3-4(6)5-2;/h3H2,1-2H3,(H,5,6);/p-1. The summed E-state index contributed by atoms with van der Waals surface area (Å²) in [5, 5.41) is 3.37. The first-order chi connectivity index (χ1) is 2.81. The van der Waals surface area contributed by atoms with E-state index in [1.54, 1.807) is 6.92 Å². The molecule has 0 unspecified atom stereocenters. The first kappa shape index (κ1) is 9.08. The van der Waals surface area contributed by atoms with E-state index in [0.717, 1.165) is 0 Å². The van der Waals surface area contributed by atoms with Gasteiger partial charge in [-0.2, -0.15) is 0 Å². The summed E-state index contributed by atoms with van der Waals surface area (Å²) in [5.74, 6) is -0.0324.